The van der Waals surface area contributed by atoms with Crippen molar-refractivity contribution in [1.29, 1.82) is 0 Å². The summed E-state index contributed by atoms with van der Waals surface area (Å²) < 4.78 is 0. The van der Waals surface area contributed by atoms with Crippen LogP contribution in [0, 0.1) is 5.41 Å². The van der Waals surface area contributed by atoms with Crippen molar-refractivity contribution < 1.29 is 9.78 Å². The van der Waals surface area contributed by atoms with E-state index in [4.69, 9.17) is 9.78 Å². The average Bonchev–Trinajstić information content (AvgIpc) is 2.13. The molecule has 0 aromatic carbocycles. The van der Waals surface area contributed by atoms with Crippen molar-refractivity contribution in [3.8, 4) is 0 Å². The molecule has 0 N–H and O–H groups in total. The van der Waals surface area contributed by atoms with Crippen molar-refractivity contribution in [2.45, 2.75) is 66.1 Å². The first-order chi connectivity index (χ1) is 7.52. The third-order valence-electron chi connectivity index (χ3n) is 2.73. The first kappa shape index (κ1) is 14.5. The van der Waals surface area contributed by atoms with Crippen LogP contribution < -0.4 is 0 Å². The van der Waals surface area contributed by atoms with Crippen LogP contribution in [0.4, 0.5) is 0 Å². The lowest BCUT2D eigenvalue weighted by atomic mass is 9.77. The summed E-state index contributed by atoms with van der Waals surface area (Å²) in [7, 11) is 0. The summed E-state index contributed by atoms with van der Waals surface area (Å²) in [6, 6.07) is 0. The minimum atomic E-state index is -0.357. The Hall–Kier alpha value is -0.600. The van der Waals surface area contributed by atoms with E-state index in [1.54, 1.807) is 0 Å². The van der Waals surface area contributed by atoms with Gasteiger partial charge in [-0.05, 0) is 39.2 Å². The Bertz CT molecular complexity index is 326. The van der Waals surface area contributed by atoms with Crippen molar-refractivity contribution in [3.63, 3.8) is 0 Å². The highest BCUT2D eigenvalue weighted by molar-refractivity contribution is 5.28. The zero-order valence-corrected chi connectivity index (χ0v) is 12.3. The van der Waals surface area contributed by atoms with Crippen molar-refractivity contribution in [3.05, 3.63) is 23.8 Å². The average molecular weight is 238 g/mol. The van der Waals surface area contributed by atoms with Crippen LogP contribution in [0.25, 0.3) is 0 Å². The molecule has 2 nitrogen and oxygen atoms in total. The third kappa shape index (κ3) is 4.64. The zero-order valence-electron chi connectivity index (χ0n) is 12.3. The van der Waals surface area contributed by atoms with Gasteiger partial charge in [0, 0.05) is 6.42 Å². The van der Waals surface area contributed by atoms with E-state index in [9.17, 15) is 0 Å². The van der Waals surface area contributed by atoms with Gasteiger partial charge in [0.2, 0.25) is 0 Å². The summed E-state index contributed by atoms with van der Waals surface area (Å²) in [5, 5.41) is 0. The quantitative estimate of drug-likeness (QED) is 0.523. The number of rotatable bonds is 2. The summed E-state index contributed by atoms with van der Waals surface area (Å²) in [4.78, 5) is 11.1. The van der Waals surface area contributed by atoms with Gasteiger partial charge in [-0.2, -0.15) is 0 Å². The minimum absolute atomic E-state index is 0.178. The molecule has 0 spiro atoms. The molecule has 1 aliphatic carbocycles. The Kier molecular flexibility index (Phi) is 3.90. The molecule has 98 valence electrons. The van der Waals surface area contributed by atoms with Crippen molar-refractivity contribution >= 4 is 0 Å². The standard InChI is InChI=1S/C15H26O2/c1-13(2,3)12-9-8-10-15(7,11-12)17-16-14(4,5)6/h8-10H,11H2,1-7H3. The van der Waals surface area contributed by atoms with Crippen molar-refractivity contribution in [2.24, 2.45) is 5.41 Å². The van der Waals surface area contributed by atoms with Gasteiger partial charge in [0.15, 0.2) is 0 Å². The lowest BCUT2D eigenvalue weighted by Gasteiger charge is -2.35. The first-order valence-electron chi connectivity index (χ1n) is 6.28. The van der Waals surface area contributed by atoms with E-state index in [-0.39, 0.29) is 16.6 Å². The second kappa shape index (κ2) is 4.58. The molecule has 17 heavy (non-hydrogen) atoms. The SMILES string of the molecule is CC(C)(C)OOC1(C)C=CC=C(C(C)(C)C)C1. The Balaban J connectivity index is 2.70. The molecule has 0 heterocycles. The maximum atomic E-state index is 5.63. The summed E-state index contributed by atoms with van der Waals surface area (Å²) in [5.41, 5.74) is 0.932. The Labute approximate surface area is 106 Å². The second-order valence-electron chi connectivity index (χ2n) is 7.07. The van der Waals surface area contributed by atoms with Gasteiger partial charge >= 0.3 is 0 Å². The molecule has 0 aromatic rings. The highest BCUT2D eigenvalue weighted by Gasteiger charge is 2.32. The predicted molar refractivity (Wildman–Crippen MR) is 71.6 cm³/mol. The largest absolute Gasteiger partial charge is 0.230 e. The van der Waals surface area contributed by atoms with Crippen molar-refractivity contribution in [1.82, 2.24) is 0 Å². The molecular formula is C15H26O2. The lowest BCUT2D eigenvalue weighted by molar-refractivity contribution is -0.390. The van der Waals surface area contributed by atoms with Gasteiger partial charge < -0.3 is 0 Å². The normalized spacial score (nSPS) is 25.9. The van der Waals surface area contributed by atoms with Gasteiger partial charge in [-0.15, -0.1) is 0 Å². The molecule has 0 aromatic heterocycles. The minimum Gasteiger partial charge on any atom is -0.230 e. The molecule has 2 heteroatoms. The summed E-state index contributed by atoms with van der Waals surface area (Å²) in [5.74, 6) is 0. The first-order valence-corrected chi connectivity index (χ1v) is 6.28. The van der Waals surface area contributed by atoms with Crippen molar-refractivity contribution in [2.75, 3.05) is 0 Å². The molecule has 1 aliphatic rings. The molecule has 0 amide bonds. The van der Waals surface area contributed by atoms with Gasteiger partial charge in [0.25, 0.3) is 0 Å². The number of hydrogen-bond donors (Lipinski definition) is 0. The monoisotopic (exact) mass is 238 g/mol. The fourth-order valence-electron chi connectivity index (χ4n) is 1.66. The van der Waals surface area contributed by atoms with Crippen LogP contribution in [0.1, 0.15) is 54.9 Å². The van der Waals surface area contributed by atoms with Crippen LogP contribution in [0.2, 0.25) is 0 Å². The Morgan fingerprint density at radius 1 is 1.12 bits per heavy atom. The molecule has 1 unspecified atom stereocenters. The zero-order chi connectivity index (χ0) is 13.3. The predicted octanol–water partition coefficient (Wildman–Crippen LogP) is 4.42. The second-order valence-corrected chi connectivity index (χ2v) is 7.07. The van der Waals surface area contributed by atoms with Gasteiger partial charge in [-0.1, -0.05) is 38.5 Å². The van der Waals surface area contributed by atoms with E-state index in [0.717, 1.165) is 6.42 Å². The lowest BCUT2D eigenvalue weighted by Crippen LogP contribution is -2.34. The van der Waals surface area contributed by atoms with Crippen LogP contribution in [0.3, 0.4) is 0 Å². The highest BCUT2D eigenvalue weighted by atomic mass is 17.2. The van der Waals surface area contributed by atoms with E-state index < -0.39 is 0 Å². The van der Waals surface area contributed by atoms with Crippen LogP contribution in [0.15, 0.2) is 23.8 Å². The van der Waals surface area contributed by atoms with Gasteiger partial charge in [0.05, 0.1) is 5.60 Å². The van der Waals surface area contributed by atoms with Gasteiger partial charge in [0.1, 0.15) is 5.60 Å². The molecule has 0 bridgehead atoms. The Morgan fingerprint density at radius 3 is 2.18 bits per heavy atom. The van der Waals surface area contributed by atoms with Crippen LogP contribution in [-0.4, -0.2) is 11.2 Å². The molecular weight excluding hydrogens is 212 g/mol. The smallest absolute Gasteiger partial charge is 0.123 e. The molecule has 0 saturated heterocycles. The van der Waals surface area contributed by atoms with E-state index in [0.29, 0.717) is 0 Å². The maximum Gasteiger partial charge on any atom is 0.123 e. The summed E-state index contributed by atoms with van der Waals surface area (Å²) in [6.45, 7) is 14.7. The van der Waals surface area contributed by atoms with Crippen LogP contribution in [0.5, 0.6) is 0 Å². The van der Waals surface area contributed by atoms with Gasteiger partial charge in [-0.25, -0.2) is 9.78 Å². The third-order valence-corrected chi connectivity index (χ3v) is 2.73. The molecule has 0 radical (unpaired) electrons. The maximum absolute atomic E-state index is 5.63. The Morgan fingerprint density at radius 2 is 1.71 bits per heavy atom. The fourth-order valence-corrected chi connectivity index (χ4v) is 1.66. The highest BCUT2D eigenvalue weighted by Crippen LogP contribution is 2.37. The number of allylic oxidation sites excluding steroid dienone is 2. The van der Waals surface area contributed by atoms with E-state index in [2.05, 4.69) is 45.9 Å². The molecule has 1 atom stereocenters. The van der Waals surface area contributed by atoms with E-state index in [1.165, 1.54) is 5.57 Å². The fraction of sp³-hybridized carbons (Fsp3) is 0.733. The topological polar surface area (TPSA) is 18.5 Å². The van der Waals surface area contributed by atoms with E-state index >= 15 is 0 Å². The van der Waals surface area contributed by atoms with Gasteiger partial charge in [-0.3, -0.25) is 0 Å². The summed E-state index contributed by atoms with van der Waals surface area (Å²) in [6.07, 6.45) is 7.19. The number of hydrogen-bond acceptors (Lipinski definition) is 2. The molecule has 0 fully saturated rings. The molecule has 1 rings (SSSR count). The van der Waals surface area contributed by atoms with Crippen LogP contribution >= 0.6 is 0 Å². The molecule has 0 saturated carbocycles. The van der Waals surface area contributed by atoms with E-state index in [1.807, 2.05) is 20.8 Å². The van der Waals surface area contributed by atoms with Crippen LogP contribution in [-0.2, 0) is 9.78 Å². The summed E-state index contributed by atoms with van der Waals surface area (Å²) >= 11 is 0. The molecule has 0 aliphatic heterocycles.